The van der Waals surface area contributed by atoms with Crippen LogP contribution in [0.4, 0.5) is 4.39 Å². The Bertz CT molecular complexity index is 460. The van der Waals surface area contributed by atoms with Gasteiger partial charge in [-0.2, -0.15) is 0 Å². The summed E-state index contributed by atoms with van der Waals surface area (Å²) in [6.07, 6.45) is 4.47. The third kappa shape index (κ3) is 2.32. The van der Waals surface area contributed by atoms with E-state index in [1.807, 2.05) is 0 Å². The summed E-state index contributed by atoms with van der Waals surface area (Å²) < 4.78 is 13.0. The maximum atomic E-state index is 13.0. The van der Waals surface area contributed by atoms with Crippen molar-refractivity contribution in [2.45, 2.75) is 31.7 Å². The molecule has 0 N–H and O–H groups in total. The van der Waals surface area contributed by atoms with Gasteiger partial charge in [0.05, 0.1) is 0 Å². The maximum absolute atomic E-state index is 13.0. The van der Waals surface area contributed by atoms with Crippen LogP contribution in [0.15, 0.2) is 24.3 Å². The number of nitrogens with zero attached hydrogens (tertiary/aromatic N) is 1. The minimum absolute atomic E-state index is 0.0530. The molecule has 2 aliphatic rings. The van der Waals surface area contributed by atoms with Gasteiger partial charge < -0.3 is 0 Å². The SMILES string of the molecule is O=C(CCN1CC2CCC1C2)c1cccc(F)c1. The van der Waals surface area contributed by atoms with Gasteiger partial charge in [-0.05, 0) is 37.3 Å². The van der Waals surface area contributed by atoms with Crippen molar-refractivity contribution in [3.8, 4) is 0 Å². The van der Waals surface area contributed by atoms with Crippen LogP contribution in [-0.4, -0.2) is 29.8 Å². The van der Waals surface area contributed by atoms with E-state index in [-0.39, 0.29) is 11.6 Å². The first kappa shape index (κ1) is 11.8. The molecular weight excluding hydrogens is 229 g/mol. The first-order chi connectivity index (χ1) is 8.72. The zero-order chi connectivity index (χ0) is 12.5. The molecule has 18 heavy (non-hydrogen) atoms. The van der Waals surface area contributed by atoms with Crippen LogP contribution in [0, 0.1) is 11.7 Å². The van der Waals surface area contributed by atoms with E-state index in [0.29, 0.717) is 18.0 Å². The van der Waals surface area contributed by atoms with Gasteiger partial charge in [0, 0.05) is 31.1 Å². The number of ketones is 1. The first-order valence-electron chi connectivity index (χ1n) is 6.75. The summed E-state index contributed by atoms with van der Waals surface area (Å²) in [6.45, 7) is 1.98. The van der Waals surface area contributed by atoms with Gasteiger partial charge in [0.25, 0.3) is 0 Å². The van der Waals surface area contributed by atoms with Crippen molar-refractivity contribution >= 4 is 5.78 Å². The van der Waals surface area contributed by atoms with Crippen LogP contribution in [0.1, 0.15) is 36.0 Å². The Kier molecular flexibility index (Phi) is 3.16. The highest BCUT2D eigenvalue weighted by atomic mass is 19.1. The second kappa shape index (κ2) is 4.81. The van der Waals surface area contributed by atoms with Crippen LogP contribution < -0.4 is 0 Å². The molecule has 96 valence electrons. The van der Waals surface area contributed by atoms with Crippen molar-refractivity contribution < 1.29 is 9.18 Å². The van der Waals surface area contributed by atoms with Gasteiger partial charge in [-0.25, -0.2) is 4.39 Å². The van der Waals surface area contributed by atoms with Crippen molar-refractivity contribution in [2.24, 2.45) is 5.92 Å². The van der Waals surface area contributed by atoms with E-state index in [1.54, 1.807) is 12.1 Å². The Morgan fingerprint density at radius 1 is 1.39 bits per heavy atom. The van der Waals surface area contributed by atoms with Gasteiger partial charge in [0.15, 0.2) is 5.78 Å². The second-order valence-electron chi connectivity index (χ2n) is 5.51. The molecule has 1 aliphatic heterocycles. The lowest BCUT2D eigenvalue weighted by Crippen LogP contribution is -2.33. The van der Waals surface area contributed by atoms with Crippen LogP contribution in [0.3, 0.4) is 0 Å². The lowest BCUT2D eigenvalue weighted by atomic mass is 10.1. The van der Waals surface area contributed by atoms with Crippen LogP contribution in [0.2, 0.25) is 0 Å². The highest BCUT2D eigenvalue weighted by Crippen LogP contribution is 2.37. The Morgan fingerprint density at radius 2 is 2.28 bits per heavy atom. The Labute approximate surface area is 107 Å². The Balaban J connectivity index is 1.56. The fraction of sp³-hybridized carbons (Fsp3) is 0.533. The molecule has 3 rings (SSSR count). The highest BCUT2D eigenvalue weighted by Gasteiger charge is 2.37. The average Bonchev–Trinajstić information content (AvgIpc) is 2.98. The predicted molar refractivity (Wildman–Crippen MR) is 68.0 cm³/mol. The molecular formula is C15H18FNO. The van der Waals surface area contributed by atoms with E-state index in [4.69, 9.17) is 0 Å². The third-order valence-electron chi connectivity index (χ3n) is 4.30. The zero-order valence-corrected chi connectivity index (χ0v) is 10.4. The molecule has 2 atom stereocenters. The molecule has 0 radical (unpaired) electrons. The predicted octanol–water partition coefficient (Wildman–Crippen LogP) is 2.88. The number of piperidine rings is 1. The number of fused-ring (bicyclic) bond motifs is 2. The normalized spacial score (nSPS) is 26.7. The minimum atomic E-state index is -0.332. The molecule has 2 bridgehead atoms. The largest absolute Gasteiger partial charge is 0.300 e. The number of Topliss-reactive ketones (excluding diaryl/α,β-unsaturated/α-hetero) is 1. The summed E-state index contributed by atoms with van der Waals surface area (Å²) in [5.41, 5.74) is 0.499. The van der Waals surface area contributed by atoms with Crippen LogP contribution in [-0.2, 0) is 0 Å². The second-order valence-corrected chi connectivity index (χ2v) is 5.51. The number of benzene rings is 1. The number of carbonyl (C=O) groups excluding carboxylic acids is 1. The molecule has 1 saturated heterocycles. The van der Waals surface area contributed by atoms with Gasteiger partial charge in [-0.1, -0.05) is 12.1 Å². The zero-order valence-electron chi connectivity index (χ0n) is 10.4. The highest BCUT2D eigenvalue weighted by molar-refractivity contribution is 5.96. The number of halogens is 1. The summed E-state index contributed by atoms with van der Waals surface area (Å²) in [7, 11) is 0. The number of hydrogen-bond acceptors (Lipinski definition) is 2. The molecule has 1 heterocycles. The van der Waals surface area contributed by atoms with Crippen molar-refractivity contribution in [3.63, 3.8) is 0 Å². The Hall–Kier alpha value is -1.22. The smallest absolute Gasteiger partial charge is 0.164 e. The molecule has 3 heteroatoms. The summed E-state index contributed by atoms with van der Waals surface area (Å²) in [5, 5.41) is 0. The molecule has 0 amide bonds. The number of rotatable bonds is 4. The third-order valence-corrected chi connectivity index (χ3v) is 4.30. The van der Waals surface area contributed by atoms with Crippen LogP contribution >= 0.6 is 0 Å². The quantitative estimate of drug-likeness (QED) is 0.762. The van der Waals surface area contributed by atoms with E-state index < -0.39 is 0 Å². The number of likely N-dealkylation sites (tertiary alicyclic amines) is 1. The van der Waals surface area contributed by atoms with E-state index >= 15 is 0 Å². The standard InChI is InChI=1S/C15H18FNO/c16-13-3-1-2-12(9-13)15(18)6-7-17-10-11-4-5-14(17)8-11/h1-3,9,11,14H,4-8,10H2. The molecule has 1 aromatic carbocycles. The lowest BCUT2D eigenvalue weighted by molar-refractivity contribution is 0.0954. The number of hydrogen-bond donors (Lipinski definition) is 0. The Morgan fingerprint density at radius 3 is 2.94 bits per heavy atom. The molecule has 2 unspecified atom stereocenters. The van der Waals surface area contributed by atoms with Crippen LogP contribution in [0.5, 0.6) is 0 Å². The van der Waals surface area contributed by atoms with E-state index in [1.165, 1.54) is 31.4 Å². The molecule has 0 aromatic heterocycles. The van der Waals surface area contributed by atoms with Crippen LogP contribution in [0.25, 0.3) is 0 Å². The van der Waals surface area contributed by atoms with E-state index in [2.05, 4.69) is 4.90 Å². The average molecular weight is 247 g/mol. The molecule has 2 nitrogen and oxygen atoms in total. The number of carbonyl (C=O) groups is 1. The first-order valence-corrected chi connectivity index (χ1v) is 6.75. The lowest BCUT2D eigenvalue weighted by Gasteiger charge is -2.26. The van der Waals surface area contributed by atoms with Gasteiger partial charge in [-0.15, -0.1) is 0 Å². The van der Waals surface area contributed by atoms with E-state index in [9.17, 15) is 9.18 Å². The molecule has 1 saturated carbocycles. The summed E-state index contributed by atoms with van der Waals surface area (Å²) in [5.74, 6) is 0.581. The molecule has 1 aromatic rings. The molecule has 1 aliphatic carbocycles. The molecule has 0 spiro atoms. The van der Waals surface area contributed by atoms with Crippen molar-refractivity contribution in [1.82, 2.24) is 4.90 Å². The summed E-state index contributed by atoms with van der Waals surface area (Å²) in [6, 6.07) is 6.70. The van der Waals surface area contributed by atoms with Gasteiger partial charge in [0.2, 0.25) is 0 Å². The van der Waals surface area contributed by atoms with E-state index in [0.717, 1.165) is 19.0 Å². The maximum Gasteiger partial charge on any atom is 0.164 e. The topological polar surface area (TPSA) is 20.3 Å². The summed E-state index contributed by atoms with van der Waals surface area (Å²) in [4.78, 5) is 14.4. The van der Waals surface area contributed by atoms with Gasteiger partial charge >= 0.3 is 0 Å². The van der Waals surface area contributed by atoms with Gasteiger partial charge in [0.1, 0.15) is 5.82 Å². The van der Waals surface area contributed by atoms with Crippen molar-refractivity contribution in [3.05, 3.63) is 35.6 Å². The van der Waals surface area contributed by atoms with Crippen molar-refractivity contribution in [2.75, 3.05) is 13.1 Å². The fourth-order valence-corrected chi connectivity index (χ4v) is 3.35. The monoisotopic (exact) mass is 247 g/mol. The minimum Gasteiger partial charge on any atom is -0.300 e. The fourth-order valence-electron chi connectivity index (χ4n) is 3.35. The summed E-state index contributed by atoms with van der Waals surface area (Å²) >= 11 is 0. The molecule has 2 fully saturated rings. The van der Waals surface area contributed by atoms with Crippen molar-refractivity contribution in [1.29, 1.82) is 0 Å². The van der Waals surface area contributed by atoms with Gasteiger partial charge in [-0.3, -0.25) is 9.69 Å².